The number of halogens is 1. The van der Waals surface area contributed by atoms with Crippen LogP contribution >= 0.6 is 11.6 Å². The molecule has 1 aliphatic heterocycles. The van der Waals surface area contributed by atoms with Crippen molar-refractivity contribution < 1.29 is 5.11 Å². The highest BCUT2D eigenvalue weighted by Gasteiger charge is 2.16. The largest absolute Gasteiger partial charge is 0.507 e. The molecule has 3 heterocycles. The fourth-order valence-corrected chi connectivity index (χ4v) is 3.53. The third-order valence-corrected chi connectivity index (χ3v) is 5.27. The van der Waals surface area contributed by atoms with E-state index in [2.05, 4.69) is 26.9 Å². The number of aromatic nitrogens is 4. The zero-order chi connectivity index (χ0) is 18.1. The number of likely N-dealkylation sites (tertiary alicyclic amines) is 1. The minimum absolute atomic E-state index is 0.105. The number of hydrogen-bond donors (Lipinski definition) is 1. The molecule has 0 unspecified atom stereocenters. The van der Waals surface area contributed by atoms with Crippen molar-refractivity contribution >= 4 is 17.2 Å². The summed E-state index contributed by atoms with van der Waals surface area (Å²) >= 11 is 5.90. The second kappa shape index (κ2) is 7.21. The monoisotopic (exact) mass is 371 g/mol. The fourth-order valence-electron chi connectivity index (χ4n) is 3.36. The molecule has 1 N–H and O–H groups in total. The second-order valence-electron chi connectivity index (χ2n) is 7.04. The smallest absolute Gasteiger partial charge is 0.159 e. The van der Waals surface area contributed by atoms with Crippen LogP contribution in [0, 0.1) is 5.92 Å². The summed E-state index contributed by atoms with van der Waals surface area (Å²) in [6.45, 7) is 5.64. The first-order chi connectivity index (χ1) is 12.6. The van der Waals surface area contributed by atoms with Crippen molar-refractivity contribution in [1.82, 2.24) is 24.5 Å². The van der Waals surface area contributed by atoms with Crippen molar-refractivity contribution in [2.24, 2.45) is 5.92 Å². The minimum atomic E-state index is 0.105. The quantitative estimate of drug-likeness (QED) is 0.761. The van der Waals surface area contributed by atoms with Gasteiger partial charge in [-0.2, -0.15) is 0 Å². The number of aromatic hydroxyl groups is 1. The van der Waals surface area contributed by atoms with Gasteiger partial charge in [-0.1, -0.05) is 18.5 Å². The molecule has 0 atom stereocenters. The van der Waals surface area contributed by atoms with E-state index in [1.54, 1.807) is 23.0 Å². The van der Waals surface area contributed by atoms with E-state index >= 15 is 0 Å². The molecule has 1 aliphatic rings. The Morgan fingerprint density at radius 1 is 1.23 bits per heavy atom. The molecule has 0 spiro atoms. The topological polar surface area (TPSA) is 66.5 Å². The van der Waals surface area contributed by atoms with Crippen LogP contribution in [0.3, 0.4) is 0 Å². The molecule has 0 bridgehead atoms. The normalized spacial score (nSPS) is 16.4. The number of piperidine rings is 1. The number of phenols is 1. The van der Waals surface area contributed by atoms with Gasteiger partial charge in [0.05, 0.1) is 5.69 Å². The highest BCUT2D eigenvalue weighted by atomic mass is 35.5. The van der Waals surface area contributed by atoms with Crippen molar-refractivity contribution in [2.45, 2.75) is 26.2 Å². The van der Waals surface area contributed by atoms with Crippen LogP contribution in [-0.2, 0) is 6.42 Å². The van der Waals surface area contributed by atoms with E-state index in [0.717, 1.165) is 43.4 Å². The van der Waals surface area contributed by atoms with E-state index in [-0.39, 0.29) is 5.75 Å². The molecule has 1 fully saturated rings. The van der Waals surface area contributed by atoms with Gasteiger partial charge in [0, 0.05) is 29.6 Å². The van der Waals surface area contributed by atoms with E-state index in [9.17, 15) is 5.11 Å². The van der Waals surface area contributed by atoms with Crippen LogP contribution in [0.2, 0.25) is 5.02 Å². The lowest BCUT2D eigenvalue weighted by atomic mass is 9.99. The van der Waals surface area contributed by atoms with Gasteiger partial charge >= 0.3 is 0 Å². The lowest BCUT2D eigenvalue weighted by Crippen LogP contribution is -2.34. The molecule has 7 heteroatoms. The molecule has 1 saturated heterocycles. The average Bonchev–Trinajstić information content (AvgIpc) is 3.03. The van der Waals surface area contributed by atoms with Gasteiger partial charge in [0.15, 0.2) is 11.5 Å². The molecule has 4 rings (SSSR count). The number of fused-ring (bicyclic) bond motifs is 1. The lowest BCUT2D eigenvalue weighted by Gasteiger charge is -2.29. The molecule has 136 valence electrons. The standard InChI is InChI=1S/C19H22ClN5O/c1-13-4-7-24(8-5-13)9-6-18-22-19-11-16(21-12-25(19)23-18)15-3-2-14(20)10-17(15)26/h2-3,10-13,26H,4-9H2,1H3. The van der Waals surface area contributed by atoms with E-state index in [1.165, 1.54) is 18.9 Å². The highest BCUT2D eigenvalue weighted by molar-refractivity contribution is 6.30. The van der Waals surface area contributed by atoms with Gasteiger partial charge < -0.3 is 10.0 Å². The summed E-state index contributed by atoms with van der Waals surface area (Å²) in [6, 6.07) is 6.84. The number of hydrogen-bond acceptors (Lipinski definition) is 5. The minimum Gasteiger partial charge on any atom is -0.507 e. The molecular weight excluding hydrogens is 350 g/mol. The van der Waals surface area contributed by atoms with Crippen molar-refractivity contribution in [3.63, 3.8) is 0 Å². The molecule has 3 aromatic rings. The molecule has 0 amide bonds. The second-order valence-corrected chi connectivity index (χ2v) is 7.48. The van der Waals surface area contributed by atoms with Crippen molar-refractivity contribution in [2.75, 3.05) is 19.6 Å². The SMILES string of the molecule is CC1CCN(CCc2nc3cc(-c4ccc(Cl)cc4O)ncn3n2)CC1. The Morgan fingerprint density at radius 3 is 2.81 bits per heavy atom. The maximum absolute atomic E-state index is 10.1. The number of rotatable bonds is 4. The summed E-state index contributed by atoms with van der Waals surface area (Å²) in [7, 11) is 0. The van der Waals surface area contributed by atoms with Gasteiger partial charge in [0.25, 0.3) is 0 Å². The molecule has 0 aliphatic carbocycles. The van der Waals surface area contributed by atoms with Gasteiger partial charge in [0.2, 0.25) is 0 Å². The molecule has 6 nitrogen and oxygen atoms in total. The van der Waals surface area contributed by atoms with Crippen LogP contribution in [0.4, 0.5) is 0 Å². The number of benzene rings is 1. The molecular formula is C19H22ClN5O. The maximum atomic E-state index is 10.1. The zero-order valence-corrected chi connectivity index (χ0v) is 15.5. The predicted octanol–water partition coefficient (Wildman–Crippen LogP) is 3.42. The van der Waals surface area contributed by atoms with Gasteiger partial charge in [-0.05, 0) is 50.0 Å². The summed E-state index contributed by atoms with van der Waals surface area (Å²) in [5.41, 5.74) is 2.01. The van der Waals surface area contributed by atoms with Crippen LogP contribution in [0.25, 0.3) is 16.9 Å². The number of nitrogens with zero attached hydrogens (tertiary/aromatic N) is 5. The summed E-state index contributed by atoms with van der Waals surface area (Å²) in [4.78, 5) is 11.5. The Bertz CT molecular complexity index is 917. The van der Waals surface area contributed by atoms with Gasteiger partial charge in [-0.3, -0.25) is 0 Å². The third-order valence-electron chi connectivity index (χ3n) is 5.04. The van der Waals surface area contributed by atoms with Crippen LogP contribution < -0.4 is 0 Å². The molecule has 2 aromatic heterocycles. The lowest BCUT2D eigenvalue weighted by molar-refractivity contribution is 0.193. The van der Waals surface area contributed by atoms with Crippen molar-refractivity contribution in [3.8, 4) is 17.0 Å². The Morgan fingerprint density at radius 2 is 2.04 bits per heavy atom. The fraction of sp³-hybridized carbons (Fsp3) is 0.421. The van der Waals surface area contributed by atoms with Crippen LogP contribution in [0.5, 0.6) is 5.75 Å². The Labute approximate surface area is 157 Å². The van der Waals surface area contributed by atoms with E-state index in [4.69, 9.17) is 11.6 Å². The van der Waals surface area contributed by atoms with Gasteiger partial charge in [0.1, 0.15) is 12.1 Å². The van der Waals surface area contributed by atoms with E-state index < -0.39 is 0 Å². The maximum Gasteiger partial charge on any atom is 0.159 e. The molecule has 0 radical (unpaired) electrons. The molecule has 26 heavy (non-hydrogen) atoms. The molecule has 1 aromatic carbocycles. The third kappa shape index (κ3) is 3.66. The summed E-state index contributed by atoms with van der Waals surface area (Å²) in [6.07, 6.45) is 5.02. The van der Waals surface area contributed by atoms with Crippen LogP contribution in [0.1, 0.15) is 25.6 Å². The molecule has 0 saturated carbocycles. The summed E-state index contributed by atoms with van der Waals surface area (Å²) in [5.74, 6) is 1.77. The zero-order valence-electron chi connectivity index (χ0n) is 14.8. The summed E-state index contributed by atoms with van der Waals surface area (Å²) in [5, 5.41) is 15.1. The van der Waals surface area contributed by atoms with E-state index in [0.29, 0.717) is 16.3 Å². The van der Waals surface area contributed by atoms with Gasteiger partial charge in [-0.25, -0.2) is 14.5 Å². The summed E-state index contributed by atoms with van der Waals surface area (Å²) < 4.78 is 1.68. The Hall–Kier alpha value is -2.18. The van der Waals surface area contributed by atoms with Crippen molar-refractivity contribution in [3.05, 3.63) is 41.4 Å². The van der Waals surface area contributed by atoms with E-state index in [1.807, 2.05) is 6.07 Å². The van der Waals surface area contributed by atoms with Gasteiger partial charge in [-0.15, -0.1) is 5.10 Å². The first-order valence-corrected chi connectivity index (χ1v) is 9.39. The number of phenolic OH excluding ortho intramolecular Hbond substituents is 1. The highest BCUT2D eigenvalue weighted by Crippen LogP contribution is 2.30. The first kappa shape index (κ1) is 17.2. The average molecular weight is 372 g/mol. The predicted molar refractivity (Wildman–Crippen MR) is 101 cm³/mol. The first-order valence-electron chi connectivity index (χ1n) is 9.01. The Kier molecular flexibility index (Phi) is 4.78. The van der Waals surface area contributed by atoms with Crippen LogP contribution in [-0.4, -0.2) is 49.2 Å². The van der Waals surface area contributed by atoms with Crippen LogP contribution in [0.15, 0.2) is 30.6 Å². The van der Waals surface area contributed by atoms with Crippen molar-refractivity contribution in [1.29, 1.82) is 0 Å². The Balaban J connectivity index is 1.50.